The third kappa shape index (κ3) is 6.53. The van der Waals surface area contributed by atoms with Crippen LogP contribution in [0.2, 0.25) is 0 Å². The number of aromatic nitrogens is 4. The van der Waals surface area contributed by atoms with Crippen LogP contribution in [-0.2, 0) is 0 Å². The van der Waals surface area contributed by atoms with Crippen LogP contribution in [0.4, 0.5) is 0 Å². The molecule has 4 heteroatoms. The van der Waals surface area contributed by atoms with E-state index in [9.17, 15) is 0 Å². The first-order chi connectivity index (χ1) is 38.8. The van der Waals surface area contributed by atoms with Crippen LogP contribution in [0.3, 0.4) is 0 Å². The van der Waals surface area contributed by atoms with Gasteiger partial charge in [-0.1, -0.05) is 218 Å². The van der Waals surface area contributed by atoms with Gasteiger partial charge in [0.2, 0.25) is 0 Å². The smallest absolute Gasteiger partial charge is 0.0795 e. The molecule has 0 N–H and O–H groups in total. The van der Waals surface area contributed by atoms with Crippen molar-refractivity contribution in [2.45, 2.75) is 0 Å². The van der Waals surface area contributed by atoms with Crippen molar-refractivity contribution in [3.05, 3.63) is 291 Å². The molecule has 0 saturated heterocycles. The van der Waals surface area contributed by atoms with Gasteiger partial charge in [0.25, 0.3) is 0 Å². The first-order valence-electron chi connectivity index (χ1n) is 26.9. The molecule has 0 radical (unpaired) electrons. The van der Waals surface area contributed by atoms with E-state index in [4.69, 9.17) is 0 Å². The Balaban J connectivity index is 1.08. The van der Waals surface area contributed by atoms with E-state index in [1.807, 2.05) is 0 Å². The highest BCUT2D eigenvalue weighted by molar-refractivity contribution is 6.34. The summed E-state index contributed by atoms with van der Waals surface area (Å²) in [6.45, 7) is 0. The van der Waals surface area contributed by atoms with Crippen LogP contribution in [0, 0.1) is 0 Å². The summed E-state index contributed by atoms with van der Waals surface area (Å²) in [7, 11) is 0. The number of hydrogen-bond donors (Lipinski definition) is 0. The van der Waals surface area contributed by atoms with Crippen molar-refractivity contribution in [2.24, 2.45) is 0 Å². The van der Waals surface area contributed by atoms with E-state index in [2.05, 4.69) is 309 Å². The van der Waals surface area contributed by atoms with Crippen LogP contribution in [0.25, 0.3) is 144 Å². The summed E-state index contributed by atoms with van der Waals surface area (Å²) < 4.78 is 10.00. The highest BCUT2D eigenvalue weighted by atomic mass is 15.1. The van der Waals surface area contributed by atoms with Crippen LogP contribution in [0.5, 0.6) is 0 Å². The summed E-state index contributed by atoms with van der Waals surface area (Å²) in [5.41, 5.74) is 20.6. The van der Waals surface area contributed by atoms with E-state index in [0.29, 0.717) is 0 Å². The third-order valence-electron chi connectivity index (χ3n) is 16.1. The lowest BCUT2D eigenvalue weighted by atomic mass is 9.91. The number of hydrogen-bond acceptors (Lipinski definition) is 0. The summed E-state index contributed by atoms with van der Waals surface area (Å²) in [6.07, 6.45) is 0. The van der Waals surface area contributed by atoms with Crippen LogP contribution >= 0.6 is 0 Å². The molecule has 0 bridgehead atoms. The van der Waals surface area contributed by atoms with E-state index in [1.54, 1.807) is 0 Å². The summed E-state index contributed by atoms with van der Waals surface area (Å²) >= 11 is 0. The molecule has 364 valence electrons. The van der Waals surface area contributed by atoms with Crippen molar-refractivity contribution in [1.82, 2.24) is 18.3 Å². The molecule has 16 aromatic rings. The van der Waals surface area contributed by atoms with Gasteiger partial charge in [0, 0.05) is 66.2 Å². The predicted molar refractivity (Wildman–Crippen MR) is 328 cm³/mol. The lowest BCUT2D eigenvalue weighted by Gasteiger charge is -2.18. The Hall–Kier alpha value is -10.4. The lowest BCUT2D eigenvalue weighted by molar-refractivity contribution is 1.10. The maximum absolute atomic E-state index is 2.59. The molecule has 0 atom stereocenters. The fraction of sp³-hybridized carbons (Fsp3) is 0. The summed E-state index contributed by atoms with van der Waals surface area (Å²) in [4.78, 5) is 0. The molecule has 0 unspecified atom stereocenters. The normalized spacial score (nSPS) is 11.8. The monoisotopic (exact) mass is 992 g/mol. The van der Waals surface area contributed by atoms with Crippen molar-refractivity contribution < 1.29 is 0 Å². The molecule has 0 aliphatic carbocycles. The first-order valence-corrected chi connectivity index (χ1v) is 26.9. The molecule has 16 rings (SSSR count). The summed E-state index contributed by atoms with van der Waals surface area (Å²) in [6, 6.07) is 107. The van der Waals surface area contributed by atoms with Gasteiger partial charge < -0.3 is 18.3 Å². The molecular formula is C74H48N4. The Bertz CT molecular complexity index is 4540. The molecule has 0 amide bonds. The Morgan fingerprint density at radius 1 is 0.179 bits per heavy atom. The number of fused-ring (bicyclic) bond motifs is 12. The maximum Gasteiger partial charge on any atom is 0.0795 e. The predicted octanol–water partition coefficient (Wildman–Crippen LogP) is 19.6. The molecule has 4 aromatic heterocycles. The summed E-state index contributed by atoms with van der Waals surface area (Å²) in [5.74, 6) is 0. The number of rotatable bonds is 8. The van der Waals surface area contributed by atoms with Gasteiger partial charge in [0.05, 0.1) is 44.5 Å². The van der Waals surface area contributed by atoms with Gasteiger partial charge in [0.1, 0.15) is 0 Å². The average Bonchev–Trinajstić information content (AvgIpc) is 4.05. The first kappa shape index (κ1) is 43.9. The lowest BCUT2D eigenvalue weighted by Crippen LogP contribution is -2.03. The second kappa shape index (κ2) is 17.6. The number of para-hydroxylation sites is 4. The minimum atomic E-state index is 1.07. The van der Waals surface area contributed by atoms with Crippen molar-refractivity contribution in [3.63, 3.8) is 0 Å². The zero-order valence-electron chi connectivity index (χ0n) is 42.5. The van der Waals surface area contributed by atoms with Crippen LogP contribution in [0.1, 0.15) is 0 Å². The van der Waals surface area contributed by atoms with Gasteiger partial charge >= 0.3 is 0 Å². The van der Waals surface area contributed by atoms with Crippen LogP contribution in [0.15, 0.2) is 291 Å². The largest absolute Gasteiger partial charge is 0.309 e. The average molecular weight is 993 g/mol. The zero-order valence-corrected chi connectivity index (χ0v) is 42.5. The fourth-order valence-electron chi connectivity index (χ4n) is 13.0. The molecular weight excluding hydrogens is 945 g/mol. The minimum Gasteiger partial charge on any atom is -0.309 e. The van der Waals surface area contributed by atoms with E-state index < -0.39 is 0 Å². The van der Waals surface area contributed by atoms with E-state index in [1.165, 1.54) is 76.3 Å². The topological polar surface area (TPSA) is 19.7 Å². The second-order valence-electron chi connectivity index (χ2n) is 20.3. The second-order valence-corrected chi connectivity index (χ2v) is 20.3. The van der Waals surface area contributed by atoms with Gasteiger partial charge in [-0.2, -0.15) is 0 Å². The standard InChI is InChI=1S/C74H48N4/c1-5-23-49(24-6-1)67-69-61-35-13-14-36-62(61)70-68(50-25-7-2-8-26-50)72(52-29-11-4-12-30-52)78(56-47-43-54(44-48-56)76-65-39-21-17-33-59(65)60-34-18-22-40-66(60)76)74(70)73(69)77(71(67)51-27-9-3-10-28-51)55-45-41-53(42-46-55)75-63-37-19-15-31-57(63)58-32-16-20-38-64(58)75/h1-48H. The van der Waals surface area contributed by atoms with Gasteiger partial charge in [-0.05, 0) is 106 Å². The van der Waals surface area contributed by atoms with Crippen molar-refractivity contribution in [2.75, 3.05) is 0 Å². The zero-order chi connectivity index (χ0) is 51.3. The van der Waals surface area contributed by atoms with E-state index in [-0.39, 0.29) is 0 Å². The number of benzene rings is 12. The number of nitrogens with zero attached hydrogens (tertiary/aromatic N) is 4. The third-order valence-corrected chi connectivity index (χ3v) is 16.1. The molecule has 0 aliphatic rings. The van der Waals surface area contributed by atoms with Crippen LogP contribution < -0.4 is 0 Å². The van der Waals surface area contributed by atoms with Gasteiger partial charge in [-0.3, -0.25) is 0 Å². The molecule has 4 heterocycles. The minimum absolute atomic E-state index is 1.07. The highest BCUT2D eigenvalue weighted by Gasteiger charge is 2.32. The SMILES string of the molecule is c1ccc(-c2c(-c3ccccc3)n(-c3ccc(-n4c5ccccc5c5ccccc54)cc3)c3c2c2ccccc2c2c(-c4ccccc4)c(-c4ccccc4)n(-c4ccc(-n5c6ccccc6c6ccccc65)cc4)c23)cc1. The molecule has 4 nitrogen and oxygen atoms in total. The van der Waals surface area contributed by atoms with Gasteiger partial charge in [-0.25, -0.2) is 0 Å². The van der Waals surface area contributed by atoms with E-state index >= 15 is 0 Å². The van der Waals surface area contributed by atoms with Crippen LogP contribution in [-0.4, -0.2) is 18.3 Å². The van der Waals surface area contributed by atoms with Gasteiger partial charge in [-0.15, -0.1) is 0 Å². The maximum atomic E-state index is 2.59. The van der Waals surface area contributed by atoms with Crippen molar-refractivity contribution in [1.29, 1.82) is 0 Å². The Morgan fingerprint density at radius 2 is 0.410 bits per heavy atom. The highest BCUT2D eigenvalue weighted by Crippen LogP contribution is 2.54. The summed E-state index contributed by atoms with van der Waals surface area (Å²) in [5, 5.41) is 9.79. The molecule has 0 spiro atoms. The van der Waals surface area contributed by atoms with E-state index in [0.717, 1.165) is 67.4 Å². The Labute approximate surface area is 450 Å². The van der Waals surface area contributed by atoms with Crippen molar-refractivity contribution >= 4 is 76.2 Å². The molecule has 0 saturated carbocycles. The molecule has 0 aliphatic heterocycles. The molecule has 12 aromatic carbocycles. The van der Waals surface area contributed by atoms with Crippen molar-refractivity contribution in [3.8, 4) is 67.5 Å². The quantitative estimate of drug-likeness (QED) is 0.145. The molecule has 78 heavy (non-hydrogen) atoms. The fourth-order valence-corrected chi connectivity index (χ4v) is 13.0. The Morgan fingerprint density at radius 3 is 0.705 bits per heavy atom. The Kier molecular flexibility index (Phi) is 9.91. The van der Waals surface area contributed by atoms with Gasteiger partial charge in [0.15, 0.2) is 0 Å². The molecule has 0 fully saturated rings.